The van der Waals surface area contributed by atoms with E-state index in [9.17, 15) is 45.9 Å². The van der Waals surface area contributed by atoms with Gasteiger partial charge >= 0.3 is 0 Å². The summed E-state index contributed by atoms with van der Waals surface area (Å²) < 4.78 is 66.6. The summed E-state index contributed by atoms with van der Waals surface area (Å²) >= 11 is 0. The smallest absolute Gasteiger partial charge is 0.207 e. The predicted molar refractivity (Wildman–Crippen MR) is 82.1 cm³/mol. The summed E-state index contributed by atoms with van der Waals surface area (Å²) in [6, 6.07) is 0. The van der Waals surface area contributed by atoms with E-state index >= 15 is 0 Å². The first-order chi connectivity index (χ1) is 12.6. The summed E-state index contributed by atoms with van der Waals surface area (Å²) in [6.45, 7) is 8.64. The number of ketones is 4. The van der Waals surface area contributed by atoms with Crippen LogP contribution in [-0.2, 0) is 56.7 Å². The molecule has 0 fully saturated rings. The molecule has 1 aromatic carbocycles. The van der Waals surface area contributed by atoms with E-state index in [1.807, 2.05) is 0 Å². The Morgan fingerprint density at radius 1 is 0.690 bits per heavy atom. The van der Waals surface area contributed by atoms with E-state index in [0.717, 1.165) is 20.8 Å². The average Bonchev–Trinajstić information content (AvgIpc) is 2.54. The van der Waals surface area contributed by atoms with E-state index < -0.39 is 69.4 Å². The van der Waals surface area contributed by atoms with E-state index in [4.69, 9.17) is 0 Å². The summed E-state index contributed by atoms with van der Waals surface area (Å²) in [5.74, 6) is -17.5. The Labute approximate surface area is 187 Å². The van der Waals surface area contributed by atoms with Gasteiger partial charge in [0, 0.05) is 38.5 Å². The Balaban J connectivity index is 0. The van der Waals surface area contributed by atoms with E-state index in [0.29, 0.717) is 0 Å². The molecule has 0 aliphatic rings. The van der Waals surface area contributed by atoms with Crippen molar-refractivity contribution in [3.8, 4) is 5.75 Å². The average molecular weight is 497 g/mol. The molecule has 157 valence electrons. The number of benzene rings is 1. The van der Waals surface area contributed by atoms with Crippen molar-refractivity contribution >= 4 is 29.1 Å². The van der Waals surface area contributed by atoms with Gasteiger partial charge in [0.05, 0.1) is 0 Å². The van der Waals surface area contributed by atoms with Crippen LogP contribution >= 0.6 is 0 Å². The fraction of sp³-hybridized carbons (Fsp3) is 0.235. The molecule has 0 aliphatic carbocycles. The van der Waals surface area contributed by atoms with Crippen LogP contribution in [0, 0.1) is 48.3 Å². The van der Waals surface area contributed by atoms with Gasteiger partial charge in [-0.1, -0.05) is 0 Å². The summed E-state index contributed by atoms with van der Waals surface area (Å²) in [4.78, 5) is 54.5. The van der Waals surface area contributed by atoms with Crippen molar-refractivity contribution in [1.82, 2.24) is 0 Å². The molecule has 0 amide bonds. The number of hydrogen-bond acceptors (Lipinski definition) is 6. The van der Waals surface area contributed by atoms with Crippen LogP contribution in [0.4, 0.5) is 22.0 Å². The number of esters is 1. The Bertz CT molecular complexity index is 778. The van der Waals surface area contributed by atoms with Crippen molar-refractivity contribution in [2.75, 3.05) is 0 Å². The van der Waals surface area contributed by atoms with Crippen molar-refractivity contribution in [2.45, 2.75) is 20.8 Å². The standard InChI is InChI=1S/C9H11O4.C8H2F5O2.Y/c1-5(10)9(6(2)11,7(3)12)8(4)13;1-2(14)15-8-6(12)4(10)3(9)5(11)7(8)13;/h1H2,2-4H3;1H2;/q2*-1;. The second kappa shape index (κ2) is 11.2. The molecule has 12 heteroatoms. The third-order valence-electron chi connectivity index (χ3n) is 3.39. The number of rotatable bonds is 5. The van der Waals surface area contributed by atoms with Crippen LogP contribution < -0.4 is 4.74 Å². The Morgan fingerprint density at radius 2 is 0.966 bits per heavy atom. The Hall–Kier alpha value is -2.14. The molecule has 1 rings (SSSR count). The van der Waals surface area contributed by atoms with Crippen LogP contribution in [0.25, 0.3) is 0 Å². The van der Waals surface area contributed by atoms with E-state index in [-0.39, 0.29) is 32.7 Å². The Kier molecular flexibility index (Phi) is 11.2. The fourth-order valence-electron chi connectivity index (χ4n) is 2.12. The summed E-state index contributed by atoms with van der Waals surface area (Å²) in [7, 11) is 0. The number of halogens is 5. The SMILES string of the molecule is [CH2-]C(=O)C(C(C)=O)(C(C)=O)C(C)=O.[CH2-]C(=O)Oc1c(F)c(F)c(F)c(F)c1F.[Y]. The third kappa shape index (κ3) is 5.92. The molecule has 0 unspecified atom stereocenters. The number of hydrogen-bond donors (Lipinski definition) is 0. The molecule has 0 bridgehead atoms. The molecule has 0 aromatic heterocycles. The molecule has 0 N–H and O–H groups in total. The molecule has 0 spiro atoms. The zero-order valence-corrected chi connectivity index (χ0v) is 18.2. The molecular weight excluding hydrogens is 484 g/mol. The minimum atomic E-state index is -2.33. The van der Waals surface area contributed by atoms with Gasteiger partial charge in [0.1, 0.15) is 0 Å². The van der Waals surface area contributed by atoms with Crippen LogP contribution in [0.15, 0.2) is 0 Å². The van der Waals surface area contributed by atoms with Gasteiger partial charge in [0.15, 0.2) is 28.7 Å². The van der Waals surface area contributed by atoms with Gasteiger partial charge in [-0.2, -0.15) is 8.78 Å². The minimum absolute atomic E-state index is 0. The van der Waals surface area contributed by atoms with Crippen LogP contribution in [0.5, 0.6) is 5.75 Å². The van der Waals surface area contributed by atoms with Crippen molar-refractivity contribution < 1.29 is 83.4 Å². The zero-order valence-electron chi connectivity index (χ0n) is 15.3. The van der Waals surface area contributed by atoms with Crippen molar-refractivity contribution in [2.24, 2.45) is 5.41 Å². The van der Waals surface area contributed by atoms with Gasteiger partial charge in [-0.3, -0.25) is 26.1 Å². The molecule has 0 saturated heterocycles. The molecule has 1 radical (unpaired) electrons. The topological polar surface area (TPSA) is 94.6 Å². The van der Waals surface area contributed by atoms with Crippen molar-refractivity contribution in [3.63, 3.8) is 0 Å². The van der Waals surface area contributed by atoms with E-state index in [2.05, 4.69) is 18.6 Å². The molecule has 0 heterocycles. The van der Waals surface area contributed by atoms with Crippen LogP contribution in [-0.4, -0.2) is 29.1 Å². The van der Waals surface area contributed by atoms with Gasteiger partial charge < -0.3 is 16.5 Å². The molecule has 0 atom stereocenters. The maximum Gasteiger partial charge on any atom is 0.207 e. The van der Waals surface area contributed by atoms with Gasteiger partial charge in [0.2, 0.25) is 34.8 Å². The summed E-state index contributed by atoms with van der Waals surface area (Å²) in [5, 5.41) is 0. The van der Waals surface area contributed by atoms with Crippen LogP contribution in [0.1, 0.15) is 20.8 Å². The maximum atomic E-state index is 12.7. The van der Waals surface area contributed by atoms with Crippen LogP contribution in [0.3, 0.4) is 0 Å². The fourth-order valence-corrected chi connectivity index (χ4v) is 2.12. The quantitative estimate of drug-likeness (QED) is 0.118. The molecule has 1 aromatic rings. The van der Waals surface area contributed by atoms with Gasteiger partial charge in [-0.25, -0.2) is 13.2 Å². The molecule has 6 nitrogen and oxygen atoms in total. The predicted octanol–water partition coefficient (Wildman–Crippen LogP) is 2.26. The number of carbonyl (C=O) groups excluding carboxylic acids is 5. The number of ether oxygens (including phenoxy) is 1. The van der Waals surface area contributed by atoms with E-state index in [1.54, 1.807) is 0 Å². The maximum absolute atomic E-state index is 12.7. The first-order valence-electron chi connectivity index (χ1n) is 7.08. The Morgan fingerprint density at radius 3 is 1.14 bits per heavy atom. The molecular formula is C17H13F5O6Y-2. The second-order valence-corrected chi connectivity index (χ2v) is 5.21. The first-order valence-corrected chi connectivity index (χ1v) is 7.08. The molecule has 0 aliphatic heterocycles. The second-order valence-electron chi connectivity index (χ2n) is 5.21. The van der Waals surface area contributed by atoms with Gasteiger partial charge in [-0.05, 0) is 20.8 Å². The van der Waals surface area contributed by atoms with E-state index in [1.165, 1.54) is 0 Å². The van der Waals surface area contributed by atoms with Gasteiger partial charge in [0.25, 0.3) is 0 Å². The normalized spacial score (nSPS) is 10.1. The van der Waals surface area contributed by atoms with Gasteiger partial charge in [-0.15, -0.1) is 0 Å². The monoisotopic (exact) mass is 497 g/mol. The molecule has 0 saturated carbocycles. The van der Waals surface area contributed by atoms with Crippen LogP contribution in [0.2, 0.25) is 0 Å². The minimum Gasteiger partial charge on any atom is -0.446 e. The largest absolute Gasteiger partial charge is 0.446 e. The first kappa shape index (κ1) is 29.1. The number of Topliss-reactive ketones (excluding diaryl/α,β-unsaturated/α-hetero) is 4. The molecule has 29 heavy (non-hydrogen) atoms. The van der Waals surface area contributed by atoms with Crippen molar-refractivity contribution in [1.29, 1.82) is 0 Å². The number of carbonyl (C=O) groups is 5. The zero-order chi connectivity index (χ0) is 22.6. The summed E-state index contributed by atoms with van der Waals surface area (Å²) in [5.41, 5.74) is -2.17. The third-order valence-corrected chi connectivity index (χ3v) is 3.39. The summed E-state index contributed by atoms with van der Waals surface area (Å²) in [6.07, 6.45) is 0. The van der Waals surface area contributed by atoms with Crippen molar-refractivity contribution in [3.05, 3.63) is 42.9 Å².